The van der Waals surface area contributed by atoms with Gasteiger partial charge in [0.15, 0.2) is 6.10 Å². The van der Waals surface area contributed by atoms with Gasteiger partial charge in [-0.15, -0.1) is 0 Å². The highest BCUT2D eigenvalue weighted by atomic mass is 31.2. The lowest BCUT2D eigenvalue weighted by Gasteiger charge is -2.19. The summed E-state index contributed by atoms with van der Waals surface area (Å²) in [5.74, 6) is -0.897. The Morgan fingerprint density at radius 1 is 0.431 bits per heavy atom. The summed E-state index contributed by atoms with van der Waals surface area (Å²) in [6, 6.07) is 0. The van der Waals surface area contributed by atoms with Crippen molar-refractivity contribution >= 4 is 19.8 Å². The highest BCUT2D eigenvalue weighted by Crippen LogP contribution is 2.43. The first-order valence-corrected chi connectivity index (χ1v) is 30.4. The van der Waals surface area contributed by atoms with Gasteiger partial charge in [0.1, 0.15) is 6.61 Å². The van der Waals surface area contributed by atoms with Gasteiger partial charge >= 0.3 is 19.8 Å². The number of ether oxygens (including phenoxy) is 2. The van der Waals surface area contributed by atoms with Crippen LogP contribution >= 0.6 is 7.82 Å². The smallest absolute Gasteiger partial charge is 0.462 e. The van der Waals surface area contributed by atoms with Gasteiger partial charge in [-0.3, -0.25) is 18.6 Å². The Labute approximate surface area is 441 Å². The standard InChI is InChI=1S/C62H106NO8P/c1-3-5-7-9-11-13-15-17-19-21-23-25-27-28-29-30-31-32-33-35-37-39-41-43-45-47-49-51-53-55-62(65)71-60(59-70-72(66,67)69-57-56-63)58-68-61(64)54-52-50-48-46-44-42-40-38-36-34-26-24-22-20-18-16-14-12-10-8-6-4-2/h5,7,11,13,17,19,23,25,28-29,31-32,35,37,41,43,47,49,60H,3-4,6,8-10,12,14-16,18,20-22,24,26-27,30,33-34,36,38-40,42,44-46,48,50-59,63H2,1-2H3,(H,66,67)/b7-5-,13-11-,19-17-,25-23-,29-28-,32-31-,37-35-,43-41-,49-47-. The molecule has 0 amide bonds. The lowest BCUT2D eigenvalue weighted by molar-refractivity contribution is -0.161. The minimum Gasteiger partial charge on any atom is -0.462 e. The van der Waals surface area contributed by atoms with Crippen LogP contribution in [0.1, 0.15) is 239 Å². The molecule has 0 spiro atoms. The maximum absolute atomic E-state index is 12.7. The van der Waals surface area contributed by atoms with Crippen LogP contribution in [-0.4, -0.2) is 49.3 Å². The maximum atomic E-state index is 12.7. The van der Waals surface area contributed by atoms with Crippen LogP contribution in [0.25, 0.3) is 0 Å². The molecule has 0 saturated carbocycles. The van der Waals surface area contributed by atoms with E-state index in [1.807, 2.05) is 6.08 Å². The molecule has 9 nitrogen and oxygen atoms in total. The second-order valence-electron chi connectivity index (χ2n) is 18.8. The van der Waals surface area contributed by atoms with Crippen LogP contribution in [0.2, 0.25) is 0 Å². The van der Waals surface area contributed by atoms with Gasteiger partial charge in [-0.25, -0.2) is 4.57 Å². The molecule has 10 heteroatoms. The predicted molar refractivity (Wildman–Crippen MR) is 307 cm³/mol. The summed E-state index contributed by atoms with van der Waals surface area (Å²) in [5.41, 5.74) is 5.38. The molecule has 0 saturated heterocycles. The number of esters is 2. The first kappa shape index (κ1) is 68.7. The summed E-state index contributed by atoms with van der Waals surface area (Å²) in [6.07, 6.45) is 77.2. The van der Waals surface area contributed by atoms with Crippen molar-refractivity contribution in [3.63, 3.8) is 0 Å². The molecule has 0 radical (unpaired) electrons. The topological polar surface area (TPSA) is 134 Å². The Kier molecular flexibility index (Phi) is 54.3. The molecule has 2 atom stereocenters. The monoisotopic (exact) mass is 1020 g/mol. The van der Waals surface area contributed by atoms with E-state index in [1.165, 1.54) is 122 Å². The fourth-order valence-electron chi connectivity index (χ4n) is 7.70. The molecule has 412 valence electrons. The van der Waals surface area contributed by atoms with Gasteiger partial charge < -0.3 is 20.1 Å². The number of rotatable bonds is 53. The van der Waals surface area contributed by atoms with Crippen molar-refractivity contribution in [2.75, 3.05) is 26.4 Å². The van der Waals surface area contributed by atoms with Crippen LogP contribution in [0.4, 0.5) is 0 Å². The van der Waals surface area contributed by atoms with Crippen LogP contribution in [0, 0.1) is 0 Å². The Hall–Kier alpha value is -3.33. The third kappa shape index (κ3) is 56.0. The van der Waals surface area contributed by atoms with Gasteiger partial charge in [0, 0.05) is 19.4 Å². The number of unbranched alkanes of at least 4 members (excludes halogenated alkanes) is 22. The molecular formula is C62H106NO8P. The van der Waals surface area contributed by atoms with E-state index in [-0.39, 0.29) is 32.6 Å². The predicted octanol–water partition coefficient (Wildman–Crippen LogP) is 18.2. The Morgan fingerprint density at radius 3 is 1.12 bits per heavy atom. The van der Waals surface area contributed by atoms with E-state index >= 15 is 0 Å². The summed E-state index contributed by atoms with van der Waals surface area (Å²) < 4.78 is 33.0. The van der Waals surface area contributed by atoms with Crippen molar-refractivity contribution in [1.82, 2.24) is 0 Å². The van der Waals surface area contributed by atoms with Crippen molar-refractivity contribution < 1.29 is 37.6 Å². The van der Waals surface area contributed by atoms with E-state index < -0.39 is 32.5 Å². The molecular weight excluding hydrogens is 918 g/mol. The highest BCUT2D eigenvalue weighted by molar-refractivity contribution is 7.47. The molecule has 3 N–H and O–H groups in total. The van der Waals surface area contributed by atoms with Gasteiger partial charge in [0.2, 0.25) is 0 Å². The third-order valence-electron chi connectivity index (χ3n) is 11.9. The summed E-state index contributed by atoms with van der Waals surface area (Å²) >= 11 is 0. The Balaban J connectivity index is 4.12. The fraction of sp³-hybridized carbons (Fsp3) is 0.677. The van der Waals surface area contributed by atoms with Crippen LogP contribution in [0.15, 0.2) is 109 Å². The Bertz CT molecular complexity index is 1540. The number of allylic oxidation sites excluding steroid dienone is 18. The number of carbonyl (C=O) groups excluding carboxylic acids is 2. The average molecular weight is 1020 g/mol. The fourth-order valence-corrected chi connectivity index (χ4v) is 8.46. The van der Waals surface area contributed by atoms with Gasteiger partial charge in [-0.1, -0.05) is 258 Å². The Morgan fingerprint density at radius 2 is 0.764 bits per heavy atom. The molecule has 0 aromatic rings. The van der Waals surface area contributed by atoms with Crippen LogP contribution in [0.5, 0.6) is 0 Å². The van der Waals surface area contributed by atoms with Crippen molar-refractivity contribution in [3.8, 4) is 0 Å². The van der Waals surface area contributed by atoms with Gasteiger partial charge in [0.25, 0.3) is 0 Å². The molecule has 72 heavy (non-hydrogen) atoms. The molecule has 0 aliphatic rings. The zero-order chi connectivity index (χ0) is 52.4. The molecule has 0 aromatic heterocycles. The zero-order valence-corrected chi connectivity index (χ0v) is 46.8. The molecule has 0 aliphatic heterocycles. The van der Waals surface area contributed by atoms with Gasteiger partial charge in [-0.05, 0) is 77.0 Å². The van der Waals surface area contributed by atoms with Crippen LogP contribution < -0.4 is 5.73 Å². The summed E-state index contributed by atoms with van der Waals surface area (Å²) in [5, 5.41) is 0. The minimum absolute atomic E-state index is 0.0396. The zero-order valence-electron chi connectivity index (χ0n) is 45.9. The van der Waals surface area contributed by atoms with Crippen molar-refractivity contribution in [1.29, 1.82) is 0 Å². The van der Waals surface area contributed by atoms with E-state index in [0.717, 1.165) is 77.0 Å². The van der Waals surface area contributed by atoms with Crippen LogP contribution in [-0.2, 0) is 32.7 Å². The highest BCUT2D eigenvalue weighted by Gasteiger charge is 2.26. The average Bonchev–Trinajstić information content (AvgIpc) is 3.37. The summed E-state index contributed by atoms with van der Waals surface area (Å²) in [6.45, 7) is 3.58. The molecule has 0 fully saturated rings. The molecule has 2 unspecified atom stereocenters. The number of carbonyl (C=O) groups is 2. The molecule has 0 aromatic carbocycles. The third-order valence-corrected chi connectivity index (χ3v) is 12.9. The first-order chi connectivity index (χ1) is 35.3. The van der Waals surface area contributed by atoms with E-state index in [2.05, 4.69) is 117 Å². The van der Waals surface area contributed by atoms with E-state index in [0.29, 0.717) is 12.8 Å². The van der Waals surface area contributed by atoms with E-state index in [1.54, 1.807) is 0 Å². The van der Waals surface area contributed by atoms with Crippen LogP contribution in [0.3, 0.4) is 0 Å². The first-order valence-electron chi connectivity index (χ1n) is 28.9. The SMILES string of the molecule is CC/C=C\C/C=C\C/C=C\C/C=C\C/C=C\C/C=C\C/C=C\C/C=C\C/C=C\CCCC(=O)OC(COC(=O)CCCCCCCCCCCCCCCCCCCCCCCC)COP(=O)(O)OCCN. The van der Waals surface area contributed by atoms with Crippen molar-refractivity contribution in [2.24, 2.45) is 5.73 Å². The summed E-state index contributed by atoms with van der Waals surface area (Å²) in [4.78, 5) is 35.1. The summed E-state index contributed by atoms with van der Waals surface area (Å²) in [7, 11) is -4.41. The number of phosphoric acid groups is 1. The lowest BCUT2D eigenvalue weighted by Crippen LogP contribution is -2.29. The van der Waals surface area contributed by atoms with Gasteiger partial charge in [0.05, 0.1) is 13.2 Å². The quantitative estimate of drug-likeness (QED) is 0.0264. The van der Waals surface area contributed by atoms with E-state index in [9.17, 15) is 19.0 Å². The molecule has 0 bridgehead atoms. The number of phosphoric ester groups is 1. The number of hydrogen-bond donors (Lipinski definition) is 2. The maximum Gasteiger partial charge on any atom is 0.472 e. The molecule has 0 aliphatic carbocycles. The molecule has 0 heterocycles. The normalized spacial score (nSPS) is 13.9. The van der Waals surface area contributed by atoms with Gasteiger partial charge in [-0.2, -0.15) is 0 Å². The second-order valence-corrected chi connectivity index (χ2v) is 20.2. The van der Waals surface area contributed by atoms with Crippen molar-refractivity contribution in [2.45, 2.75) is 245 Å². The minimum atomic E-state index is -4.41. The largest absolute Gasteiger partial charge is 0.472 e. The lowest BCUT2D eigenvalue weighted by atomic mass is 10.0. The van der Waals surface area contributed by atoms with E-state index in [4.69, 9.17) is 24.3 Å². The second kappa shape index (κ2) is 57.0. The number of hydrogen-bond acceptors (Lipinski definition) is 8. The molecule has 0 rings (SSSR count). The van der Waals surface area contributed by atoms with Crippen molar-refractivity contribution in [3.05, 3.63) is 109 Å². The number of nitrogens with two attached hydrogens (primary N) is 1.